The zero-order valence-corrected chi connectivity index (χ0v) is 17.2. The van der Waals surface area contributed by atoms with Gasteiger partial charge in [0.15, 0.2) is 0 Å². The average molecular weight is 387 g/mol. The monoisotopic (exact) mass is 386 g/mol. The Labute approximate surface area is 162 Å². The molecule has 1 aromatic carbocycles. The fourth-order valence-electron chi connectivity index (χ4n) is 2.41. The van der Waals surface area contributed by atoms with E-state index in [1.807, 2.05) is 39.1 Å². The number of rotatable bonds is 4. The second-order valence-electron chi connectivity index (χ2n) is 7.08. The second kappa shape index (κ2) is 7.29. The molecule has 0 aliphatic rings. The Morgan fingerprint density at radius 3 is 2.42 bits per heavy atom. The molecule has 136 valence electrons. The predicted molar refractivity (Wildman–Crippen MR) is 107 cm³/mol. The highest BCUT2D eigenvalue weighted by Gasteiger charge is 2.27. The summed E-state index contributed by atoms with van der Waals surface area (Å²) in [7, 11) is 0. The van der Waals surface area contributed by atoms with E-state index < -0.39 is 0 Å². The van der Waals surface area contributed by atoms with Gasteiger partial charge >= 0.3 is 5.97 Å². The minimum absolute atomic E-state index is 0.304. The summed E-state index contributed by atoms with van der Waals surface area (Å²) in [6, 6.07) is 11.9. The smallest absolute Gasteiger partial charge is 0.355 e. The Morgan fingerprint density at radius 1 is 1.15 bits per heavy atom. The number of carbonyl (C=O) groups is 1. The Hall–Kier alpha value is -2.05. The Kier molecular flexibility index (Phi) is 5.25. The molecule has 2 heterocycles. The first-order valence-electron chi connectivity index (χ1n) is 8.36. The van der Waals surface area contributed by atoms with Gasteiger partial charge in [-0.2, -0.15) is 5.10 Å². The van der Waals surface area contributed by atoms with E-state index in [1.165, 1.54) is 16.9 Å². The highest BCUT2D eigenvalue weighted by atomic mass is 32.2. The quantitative estimate of drug-likeness (QED) is 0.541. The van der Waals surface area contributed by atoms with Crippen LogP contribution in [-0.4, -0.2) is 15.7 Å². The van der Waals surface area contributed by atoms with Crippen molar-refractivity contribution in [3.05, 3.63) is 57.9 Å². The summed E-state index contributed by atoms with van der Waals surface area (Å²) < 4.78 is 7.61. The Balaban J connectivity index is 2.01. The molecule has 26 heavy (non-hydrogen) atoms. The summed E-state index contributed by atoms with van der Waals surface area (Å²) in [5.74, 6) is 0.148. The van der Waals surface area contributed by atoms with Crippen molar-refractivity contribution in [2.75, 3.05) is 0 Å². The molecule has 0 aliphatic heterocycles. The summed E-state index contributed by atoms with van der Waals surface area (Å²) in [6.45, 7) is 10.1. The van der Waals surface area contributed by atoms with Crippen LogP contribution < -0.4 is 4.74 Å². The summed E-state index contributed by atoms with van der Waals surface area (Å²) in [6.07, 6.45) is 0. The maximum atomic E-state index is 12.6. The van der Waals surface area contributed by atoms with E-state index >= 15 is 0 Å². The molecule has 2 aromatic heterocycles. The van der Waals surface area contributed by atoms with Crippen LogP contribution in [-0.2, 0) is 5.54 Å². The number of aromatic nitrogens is 2. The molecule has 6 heteroatoms. The number of aryl methyl sites for hydroxylation is 2. The molecule has 0 N–H and O–H groups in total. The topological polar surface area (TPSA) is 44.1 Å². The van der Waals surface area contributed by atoms with E-state index in [4.69, 9.17) is 4.74 Å². The lowest BCUT2D eigenvalue weighted by atomic mass is 10.1. The summed E-state index contributed by atoms with van der Waals surface area (Å²) in [4.78, 5) is 15.1. The van der Waals surface area contributed by atoms with Gasteiger partial charge in [-0.05, 0) is 58.2 Å². The van der Waals surface area contributed by atoms with Gasteiger partial charge in [-0.1, -0.05) is 35.5 Å². The van der Waals surface area contributed by atoms with Crippen LogP contribution >= 0.6 is 23.1 Å². The van der Waals surface area contributed by atoms with E-state index in [2.05, 4.69) is 36.3 Å². The van der Waals surface area contributed by atoms with Crippen LogP contribution in [0.4, 0.5) is 0 Å². The van der Waals surface area contributed by atoms with Gasteiger partial charge in [-0.3, -0.25) is 0 Å². The van der Waals surface area contributed by atoms with Crippen LogP contribution in [0.3, 0.4) is 0 Å². The number of benzene rings is 1. The molecule has 0 unspecified atom stereocenters. The van der Waals surface area contributed by atoms with Crippen LogP contribution in [0, 0.1) is 13.8 Å². The highest BCUT2D eigenvalue weighted by molar-refractivity contribution is 7.99. The number of ether oxygens (including phenoxy) is 1. The van der Waals surface area contributed by atoms with Crippen LogP contribution in [0.1, 0.15) is 41.7 Å². The molecule has 0 atom stereocenters. The molecule has 0 saturated heterocycles. The van der Waals surface area contributed by atoms with E-state index in [9.17, 15) is 4.79 Å². The summed E-state index contributed by atoms with van der Waals surface area (Å²) in [5.41, 5.74) is 1.75. The fraction of sp³-hybridized carbons (Fsp3) is 0.300. The van der Waals surface area contributed by atoms with Gasteiger partial charge in [-0.15, -0.1) is 11.3 Å². The maximum Gasteiger partial charge on any atom is 0.355 e. The maximum absolute atomic E-state index is 12.6. The van der Waals surface area contributed by atoms with E-state index in [1.54, 1.807) is 22.5 Å². The number of esters is 1. The molecule has 3 aromatic rings. The van der Waals surface area contributed by atoms with Crippen LogP contribution in [0.25, 0.3) is 0 Å². The van der Waals surface area contributed by atoms with Gasteiger partial charge in [-0.25, -0.2) is 9.48 Å². The summed E-state index contributed by atoms with van der Waals surface area (Å²) >= 11 is 2.94. The van der Waals surface area contributed by atoms with Gasteiger partial charge in [0.05, 0.1) is 16.1 Å². The molecule has 0 fully saturated rings. The largest absolute Gasteiger partial charge is 0.402 e. The van der Waals surface area contributed by atoms with Crippen molar-refractivity contribution in [2.45, 2.75) is 49.9 Å². The van der Waals surface area contributed by atoms with Gasteiger partial charge in [0.1, 0.15) is 4.88 Å². The van der Waals surface area contributed by atoms with Crippen LogP contribution in [0.2, 0.25) is 0 Å². The van der Waals surface area contributed by atoms with E-state index in [-0.39, 0.29) is 11.5 Å². The number of carbonyl (C=O) groups excluding carboxylic acids is 1. The third kappa shape index (κ3) is 4.02. The van der Waals surface area contributed by atoms with Crippen LogP contribution in [0.15, 0.2) is 51.6 Å². The van der Waals surface area contributed by atoms with E-state index in [0.29, 0.717) is 10.8 Å². The molecule has 0 aliphatic carbocycles. The van der Waals surface area contributed by atoms with Crippen molar-refractivity contribution >= 4 is 29.1 Å². The Bertz CT molecular complexity index is 905. The SMILES string of the molecule is Cc1ccc(Sc2c(C)nn(C(C)(C)C)c2OC(=O)c2cccs2)cc1. The second-order valence-corrected chi connectivity index (χ2v) is 9.12. The first-order chi connectivity index (χ1) is 12.3. The lowest BCUT2D eigenvalue weighted by Crippen LogP contribution is -2.25. The standard InChI is InChI=1S/C20H22N2O2S2/c1-13-8-10-15(11-9-13)26-17-14(2)21-22(20(3,4)5)18(17)24-19(23)16-7-6-12-25-16/h6-12H,1-5H3. The van der Waals surface area contributed by atoms with Crippen molar-refractivity contribution in [3.8, 4) is 5.88 Å². The lowest BCUT2D eigenvalue weighted by Gasteiger charge is -2.21. The Morgan fingerprint density at radius 2 is 1.85 bits per heavy atom. The number of hydrogen-bond acceptors (Lipinski definition) is 5. The highest BCUT2D eigenvalue weighted by Crippen LogP contribution is 2.40. The number of thiophene rings is 1. The van der Waals surface area contributed by atoms with Crippen molar-refractivity contribution < 1.29 is 9.53 Å². The minimum Gasteiger partial charge on any atom is -0.402 e. The molecule has 0 bridgehead atoms. The molecular weight excluding hydrogens is 364 g/mol. The third-order valence-electron chi connectivity index (χ3n) is 3.75. The average Bonchev–Trinajstić information content (AvgIpc) is 3.20. The van der Waals surface area contributed by atoms with Crippen molar-refractivity contribution in [1.29, 1.82) is 0 Å². The zero-order chi connectivity index (χ0) is 18.9. The number of nitrogens with zero attached hydrogens (tertiary/aromatic N) is 2. The van der Waals surface area contributed by atoms with Gasteiger partial charge in [0.2, 0.25) is 5.88 Å². The van der Waals surface area contributed by atoms with Crippen molar-refractivity contribution in [2.24, 2.45) is 0 Å². The minimum atomic E-state index is -0.351. The third-order valence-corrected chi connectivity index (χ3v) is 5.79. The first kappa shape index (κ1) is 18.7. The zero-order valence-electron chi connectivity index (χ0n) is 15.6. The molecule has 0 saturated carbocycles. The first-order valence-corrected chi connectivity index (χ1v) is 10.1. The van der Waals surface area contributed by atoms with Crippen molar-refractivity contribution in [3.63, 3.8) is 0 Å². The van der Waals surface area contributed by atoms with Crippen LogP contribution in [0.5, 0.6) is 5.88 Å². The number of hydrogen-bond donors (Lipinski definition) is 0. The molecule has 0 spiro atoms. The molecule has 3 rings (SSSR count). The molecular formula is C20H22N2O2S2. The molecule has 0 radical (unpaired) electrons. The summed E-state index contributed by atoms with van der Waals surface area (Å²) in [5, 5.41) is 6.52. The van der Waals surface area contributed by atoms with Gasteiger partial charge in [0, 0.05) is 4.90 Å². The lowest BCUT2D eigenvalue weighted by molar-refractivity contribution is 0.0709. The van der Waals surface area contributed by atoms with Gasteiger partial charge in [0.25, 0.3) is 0 Å². The molecule has 4 nitrogen and oxygen atoms in total. The molecule has 0 amide bonds. The van der Waals surface area contributed by atoms with Crippen molar-refractivity contribution in [1.82, 2.24) is 9.78 Å². The van der Waals surface area contributed by atoms with Gasteiger partial charge < -0.3 is 4.74 Å². The predicted octanol–water partition coefficient (Wildman–Crippen LogP) is 5.69. The normalized spacial score (nSPS) is 11.6. The van der Waals surface area contributed by atoms with E-state index in [0.717, 1.165) is 15.5 Å². The fourth-order valence-corrected chi connectivity index (χ4v) is 3.92.